The molecule has 1 rings (SSSR count). The van der Waals surface area contributed by atoms with Crippen LogP contribution in [0.3, 0.4) is 0 Å². The minimum Gasteiger partial charge on any atom is -0.326 e. The van der Waals surface area contributed by atoms with Gasteiger partial charge in [-0.25, -0.2) is 4.39 Å². The SMILES string of the molecule is Cc1ccc(F)cc1CC(N)C(C)(C)N(C)C. The Morgan fingerprint density at radius 3 is 2.47 bits per heavy atom. The zero-order chi connectivity index (χ0) is 13.2. The van der Waals surface area contributed by atoms with Gasteiger partial charge < -0.3 is 10.6 Å². The van der Waals surface area contributed by atoms with Crippen LogP contribution in [0.1, 0.15) is 25.0 Å². The normalized spacial score (nSPS) is 14.1. The van der Waals surface area contributed by atoms with Crippen LogP contribution in [0.25, 0.3) is 0 Å². The summed E-state index contributed by atoms with van der Waals surface area (Å²) in [5.41, 5.74) is 8.21. The van der Waals surface area contributed by atoms with E-state index >= 15 is 0 Å². The van der Waals surface area contributed by atoms with Crippen LogP contribution < -0.4 is 5.73 Å². The van der Waals surface area contributed by atoms with Gasteiger partial charge in [-0.15, -0.1) is 0 Å². The van der Waals surface area contributed by atoms with Crippen molar-refractivity contribution in [2.75, 3.05) is 14.1 Å². The van der Waals surface area contributed by atoms with E-state index in [4.69, 9.17) is 5.73 Å². The molecular weight excluding hydrogens is 215 g/mol. The molecule has 0 heterocycles. The van der Waals surface area contributed by atoms with E-state index in [-0.39, 0.29) is 17.4 Å². The van der Waals surface area contributed by atoms with Gasteiger partial charge in [0.05, 0.1) is 0 Å². The second-order valence-electron chi connectivity index (χ2n) is 5.43. The van der Waals surface area contributed by atoms with Gasteiger partial charge in [-0.05, 0) is 64.5 Å². The van der Waals surface area contributed by atoms with Crippen molar-refractivity contribution in [1.82, 2.24) is 4.90 Å². The van der Waals surface area contributed by atoms with Crippen molar-refractivity contribution in [3.63, 3.8) is 0 Å². The molecular formula is C14H23FN2. The molecule has 1 aromatic carbocycles. The van der Waals surface area contributed by atoms with Crippen LogP contribution >= 0.6 is 0 Å². The highest BCUT2D eigenvalue weighted by atomic mass is 19.1. The number of hydrogen-bond donors (Lipinski definition) is 1. The van der Waals surface area contributed by atoms with E-state index in [2.05, 4.69) is 18.7 Å². The van der Waals surface area contributed by atoms with Gasteiger partial charge in [0.25, 0.3) is 0 Å². The molecule has 0 saturated carbocycles. The van der Waals surface area contributed by atoms with E-state index in [0.717, 1.165) is 11.1 Å². The van der Waals surface area contributed by atoms with Crippen LogP contribution in [0.5, 0.6) is 0 Å². The van der Waals surface area contributed by atoms with E-state index in [1.54, 1.807) is 12.1 Å². The first-order valence-electron chi connectivity index (χ1n) is 5.93. The molecule has 96 valence electrons. The van der Waals surface area contributed by atoms with Gasteiger partial charge in [-0.3, -0.25) is 0 Å². The van der Waals surface area contributed by atoms with Crippen molar-refractivity contribution >= 4 is 0 Å². The molecule has 0 aliphatic carbocycles. The van der Waals surface area contributed by atoms with Crippen LogP contribution in [-0.2, 0) is 6.42 Å². The fraction of sp³-hybridized carbons (Fsp3) is 0.571. The third-order valence-electron chi connectivity index (χ3n) is 3.81. The van der Waals surface area contributed by atoms with Crippen LogP contribution in [0.4, 0.5) is 4.39 Å². The summed E-state index contributed by atoms with van der Waals surface area (Å²) in [5, 5.41) is 0. The lowest BCUT2D eigenvalue weighted by Gasteiger charge is -2.38. The Balaban J connectivity index is 2.88. The fourth-order valence-corrected chi connectivity index (χ4v) is 1.68. The second-order valence-corrected chi connectivity index (χ2v) is 5.43. The van der Waals surface area contributed by atoms with Gasteiger partial charge in [-0.1, -0.05) is 6.07 Å². The number of nitrogens with zero attached hydrogens (tertiary/aromatic N) is 1. The summed E-state index contributed by atoms with van der Waals surface area (Å²) in [5.74, 6) is -0.194. The summed E-state index contributed by atoms with van der Waals surface area (Å²) in [6.07, 6.45) is 0.689. The largest absolute Gasteiger partial charge is 0.326 e. The molecule has 1 unspecified atom stereocenters. The maximum absolute atomic E-state index is 13.2. The summed E-state index contributed by atoms with van der Waals surface area (Å²) < 4.78 is 13.2. The smallest absolute Gasteiger partial charge is 0.123 e. The van der Waals surface area contributed by atoms with Crippen molar-refractivity contribution in [3.05, 3.63) is 35.1 Å². The zero-order valence-corrected chi connectivity index (χ0v) is 11.4. The van der Waals surface area contributed by atoms with E-state index < -0.39 is 0 Å². The number of nitrogens with two attached hydrogens (primary N) is 1. The van der Waals surface area contributed by atoms with Gasteiger partial charge in [0.15, 0.2) is 0 Å². The van der Waals surface area contributed by atoms with Crippen LogP contribution in [-0.4, -0.2) is 30.6 Å². The van der Waals surface area contributed by atoms with Crippen molar-refractivity contribution in [2.45, 2.75) is 38.8 Å². The number of aryl methyl sites for hydroxylation is 1. The summed E-state index contributed by atoms with van der Waals surface area (Å²) in [6, 6.07) is 4.85. The van der Waals surface area contributed by atoms with Crippen LogP contribution in [0.2, 0.25) is 0 Å². The molecule has 0 aliphatic heterocycles. The maximum atomic E-state index is 13.2. The molecule has 1 atom stereocenters. The van der Waals surface area contributed by atoms with E-state index in [1.165, 1.54) is 6.07 Å². The first-order chi connectivity index (χ1) is 7.75. The molecule has 2 nitrogen and oxygen atoms in total. The van der Waals surface area contributed by atoms with Crippen molar-refractivity contribution < 1.29 is 4.39 Å². The summed E-state index contributed by atoms with van der Waals surface area (Å²) in [6.45, 7) is 6.20. The first kappa shape index (κ1) is 14.1. The summed E-state index contributed by atoms with van der Waals surface area (Å²) >= 11 is 0. The molecule has 0 aromatic heterocycles. The highest BCUT2D eigenvalue weighted by molar-refractivity contribution is 5.27. The summed E-state index contributed by atoms with van der Waals surface area (Å²) in [7, 11) is 4.02. The zero-order valence-electron chi connectivity index (χ0n) is 11.4. The standard InChI is InChI=1S/C14H23FN2/c1-10-6-7-12(15)8-11(10)9-13(16)14(2,3)17(4)5/h6-8,13H,9,16H2,1-5H3. The van der Waals surface area contributed by atoms with E-state index in [0.29, 0.717) is 6.42 Å². The number of benzene rings is 1. The summed E-state index contributed by atoms with van der Waals surface area (Å²) in [4.78, 5) is 2.10. The Kier molecular flexibility index (Phi) is 4.28. The van der Waals surface area contributed by atoms with Crippen molar-refractivity contribution in [2.24, 2.45) is 5.73 Å². The van der Waals surface area contributed by atoms with Crippen molar-refractivity contribution in [1.29, 1.82) is 0 Å². The third-order valence-corrected chi connectivity index (χ3v) is 3.81. The van der Waals surface area contributed by atoms with Gasteiger partial charge in [-0.2, -0.15) is 0 Å². The number of hydrogen-bond acceptors (Lipinski definition) is 2. The average molecular weight is 238 g/mol. The molecule has 0 radical (unpaired) electrons. The molecule has 0 saturated heterocycles. The maximum Gasteiger partial charge on any atom is 0.123 e. The fourth-order valence-electron chi connectivity index (χ4n) is 1.68. The topological polar surface area (TPSA) is 29.3 Å². The lowest BCUT2D eigenvalue weighted by atomic mass is 9.88. The Bertz CT molecular complexity index is 386. The van der Waals surface area contributed by atoms with Crippen molar-refractivity contribution in [3.8, 4) is 0 Å². The van der Waals surface area contributed by atoms with Gasteiger partial charge >= 0.3 is 0 Å². The van der Waals surface area contributed by atoms with E-state index in [1.807, 2.05) is 21.0 Å². The number of halogens is 1. The monoisotopic (exact) mass is 238 g/mol. The lowest BCUT2D eigenvalue weighted by molar-refractivity contribution is 0.157. The molecule has 3 heteroatoms. The molecule has 0 amide bonds. The second kappa shape index (κ2) is 5.15. The minimum atomic E-state index is -0.194. The number of likely N-dealkylation sites (N-methyl/N-ethyl adjacent to an activating group) is 1. The van der Waals surface area contributed by atoms with Crippen LogP contribution in [0.15, 0.2) is 18.2 Å². The van der Waals surface area contributed by atoms with E-state index in [9.17, 15) is 4.39 Å². The highest BCUT2D eigenvalue weighted by Crippen LogP contribution is 2.20. The molecule has 0 fully saturated rings. The number of rotatable bonds is 4. The Hall–Kier alpha value is -0.930. The minimum absolute atomic E-state index is 0.0296. The molecule has 0 aliphatic rings. The quantitative estimate of drug-likeness (QED) is 0.872. The average Bonchev–Trinajstić information content (AvgIpc) is 2.23. The van der Waals surface area contributed by atoms with Crippen LogP contribution in [0, 0.1) is 12.7 Å². The third kappa shape index (κ3) is 3.27. The molecule has 1 aromatic rings. The first-order valence-corrected chi connectivity index (χ1v) is 5.93. The van der Waals surface area contributed by atoms with Gasteiger partial charge in [0.1, 0.15) is 5.82 Å². The molecule has 0 spiro atoms. The predicted octanol–water partition coefficient (Wildman–Crippen LogP) is 2.34. The molecule has 2 N–H and O–H groups in total. The lowest BCUT2D eigenvalue weighted by Crippen LogP contribution is -2.54. The Morgan fingerprint density at radius 1 is 1.35 bits per heavy atom. The van der Waals surface area contributed by atoms with Gasteiger partial charge in [0, 0.05) is 11.6 Å². The molecule has 0 bridgehead atoms. The highest BCUT2D eigenvalue weighted by Gasteiger charge is 2.28. The Labute approximate surface area is 104 Å². The molecule has 17 heavy (non-hydrogen) atoms. The Morgan fingerprint density at radius 2 is 1.94 bits per heavy atom. The van der Waals surface area contributed by atoms with Gasteiger partial charge in [0.2, 0.25) is 0 Å². The predicted molar refractivity (Wildman–Crippen MR) is 70.6 cm³/mol.